The highest BCUT2D eigenvalue weighted by molar-refractivity contribution is 7.90. The van der Waals surface area contributed by atoms with Crippen molar-refractivity contribution in [3.63, 3.8) is 0 Å². The number of carbonyl (C=O) groups is 1. The fraction of sp³-hybridized carbons (Fsp3) is 0.286. The van der Waals surface area contributed by atoms with E-state index < -0.39 is 16.1 Å². The van der Waals surface area contributed by atoms with Gasteiger partial charge in [0, 0.05) is 12.6 Å². The van der Waals surface area contributed by atoms with Crippen LogP contribution in [0.15, 0.2) is 58.4 Å². The molecular formula is C21H23N5O3S. The Balaban J connectivity index is 1.57. The van der Waals surface area contributed by atoms with Crippen molar-refractivity contribution >= 4 is 32.8 Å². The minimum absolute atomic E-state index is 0.129. The maximum atomic E-state index is 12.9. The van der Waals surface area contributed by atoms with Crippen LogP contribution in [0.4, 0.5) is 0 Å². The van der Waals surface area contributed by atoms with Gasteiger partial charge in [-0.05, 0) is 30.2 Å². The van der Waals surface area contributed by atoms with Gasteiger partial charge >= 0.3 is 0 Å². The van der Waals surface area contributed by atoms with Crippen LogP contribution in [0.2, 0.25) is 0 Å². The summed E-state index contributed by atoms with van der Waals surface area (Å²) in [5.74, 6) is 0.511. The quantitative estimate of drug-likeness (QED) is 0.652. The maximum absolute atomic E-state index is 12.9. The molecule has 0 unspecified atom stereocenters. The van der Waals surface area contributed by atoms with Crippen LogP contribution < -0.4 is 10.0 Å². The predicted molar refractivity (Wildman–Crippen MR) is 114 cm³/mol. The van der Waals surface area contributed by atoms with E-state index in [4.69, 9.17) is 0 Å². The second-order valence-electron chi connectivity index (χ2n) is 7.56. The number of amidine groups is 1. The lowest BCUT2D eigenvalue weighted by atomic mass is 10.0. The molecule has 156 valence electrons. The summed E-state index contributed by atoms with van der Waals surface area (Å²) in [6, 6.07) is 13.6. The van der Waals surface area contributed by atoms with Gasteiger partial charge in [0.1, 0.15) is 17.7 Å². The maximum Gasteiger partial charge on any atom is 0.263 e. The standard InChI is InChI=1S/C21H23N5O3S/c1-13(2)19(24-20-14-8-4-7-11-17(14)30(28,29)25-20)21(27)22-12-18-23-15-9-5-6-10-16(15)26(18)3/h4-11,13,19H,12H2,1-3H3,(H,22,27)(H,24,25)/t19-/m0/s1. The number of fused-ring (bicyclic) bond motifs is 2. The van der Waals surface area contributed by atoms with E-state index in [0.29, 0.717) is 5.56 Å². The number of aryl methyl sites for hydroxylation is 1. The summed E-state index contributed by atoms with van der Waals surface area (Å²) in [5, 5.41) is 2.89. The van der Waals surface area contributed by atoms with E-state index in [1.807, 2.05) is 49.7 Å². The van der Waals surface area contributed by atoms with E-state index in [-0.39, 0.29) is 29.1 Å². The van der Waals surface area contributed by atoms with Crippen molar-refractivity contribution in [1.29, 1.82) is 0 Å². The molecule has 0 bridgehead atoms. The number of aromatic nitrogens is 2. The highest BCUT2D eigenvalue weighted by Gasteiger charge is 2.32. The molecule has 0 saturated heterocycles. The van der Waals surface area contributed by atoms with Gasteiger partial charge in [0.25, 0.3) is 10.0 Å². The number of rotatable bonds is 5. The van der Waals surface area contributed by atoms with E-state index in [1.165, 1.54) is 6.07 Å². The molecule has 1 aromatic heterocycles. The third-order valence-corrected chi connectivity index (χ3v) is 6.53. The number of hydrogen-bond acceptors (Lipinski definition) is 5. The van der Waals surface area contributed by atoms with Crippen LogP contribution >= 0.6 is 0 Å². The number of nitrogens with one attached hydrogen (secondary N) is 2. The molecule has 0 fully saturated rings. The number of hydrogen-bond donors (Lipinski definition) is 2. The lowest BCUT2D eigenvalue weighted by Crippen LogP contribution is -2.38. The van der Waals surface area contributed by atoms with Crippen LogP contribution in [0.25, 0.3) is 11.0 Å². The second-order valence-corrected chi connectivity index (χ2v) is 9.21. The van der Waals surface area contributed by atoms with Crippen molar-refractivity contribution in [2.24, 2.45) is 18.0 Å². The molecule has 1 atom stereocenters. The van der Waals surface area contributed by atoms with Crippen molar-refractivity contribution in [3.05, 3.63) is 59.9 Å². The van der Waals surface area contributed by atoms with Gasteiger partial charge < -0.3 is 9.88 Å². The van der Waals surface area contributed by atoms with E-state index in [0.717, 1.165) is 16.9 Å². The minimum atomic E-state index is -3.65. The molecule has 0 spiro atoms. The van der Waals surface area contributed by atoms with E-state index >= 15 is 0 Å². The molecule has 1 aliphatic rings. The van der Waals surface area contributed by atoms with Crippen molar-refractivity contribution in [3.8, 4) is 0 Å². The van der Waals surface area contributed by atoms with Crippen molar-refractivity contribution in [2.75, 3.05) is 0 Å². The number of carbonyl (C=O) groups excluding carboxylic acids is 1. The van der Waals surface area contributed by atoms with Crippen LogP contribution in [0, 0.1) is 5.92 Å². The van der Waals surface area contributed by atoms with Gasteiger partial charge in [-0.25, -0.2) is 13.4 Å². The molecule has 2 N–H and O–H groups in total. The Hall–Kier alpha value is -3.20. The van der Waals surface area contributed by atoms with E-state index in [9.17, 15) is 13.2 Å². The zero-order valence-electron chi connectivity index (χ0n) is 17.0. The molecule has 30 heavy (non-hydrogen) atoms. The predicted octanol–water partition coefficient (Wildman–Crippen LogP) is 1.95. The van der Waals surface area contributed by atoms with Gasteiger partial charge in [0.05, 0.1) is 22.5 Å². The zero-order chi connectivity index (χ0) is 21.5. The van der Waals surface area contributed by atoms with Crippen LogP contribution in [-0.2, 0) is 28.4 Å². The number of amides is 1. The van der Waals surface area contributed by atoms with Crippen molar-refractivity contribution < 1.29 is 13.2 Å². The Morgan fingerprint density at radius 1 is 1.17 bits per heavy atom. The van der Waals surface area contributed by atoms with Gasteiger partial charge in [-0.2, -0.15) is 0 Å². The Bertz CT molecular complexity index is 1260. The van der Waals surface area contributed by atoms with Crippen molar-refractivity contribution in [1.82, 2.24) is 19.6 Å². The van der Waals surface area contributed by atoms with Crippen LogP contribution in [0.1, 0.15) is 25.2 Å². The highest BCUT2D eigenvalue weighted by Crippen LogP contribution is 2.23. The normalized spacial score (nSPS) is 17.1. The summed E-state index contributed by atoms with van der Waals surface area (Å²) in [6.45, 7) is 4.00. The lowest BCUT2D eigenvalue weighted by Gasteiger charge is -2.17. The average Bonchev–Trinajstić information content (AvgIpc) is 3.18. The lowest BCUT2D eigenvalue weighted by molar-refractivity contribution is -0.123. The zero-order valence-corrected chi connectivity index (χ0v) is 17.8. The van der Waals surface area contributed by atoms with Gasteiger partial charge in [-0.15, -0.1) is 0 Å². The Morgan fingerprint density at radius 3 is 2.60 bits per heavy atom. The van der Waals surface area contributed by atoms with Crippen LogP contribution in [-0.4, -0.2) is 35.8 Å². The van der Waals surface area contributed by atoms with Gasteiger partial charge in [-0.1, -0.05) is 38.1 Å². The summed E-state index contributed by atoms with van der Waals surface area (Å²) in [4.78, 5) is 22.1. The average molecular weight is 426 g/mol. The second kappa shape index (κ2) is 7.56. The smallest absolute Gasteiger partial charge is 0.263 e. The summed E-state index contributed by atoms with van der Waals surface area (Å²) in [5.41, 5.74) is 2.33. The summed E-state index contributed by atoms with van der Waals surface area (Å²) in [7, 11) is -1.75. The summed E-state index contributed by atoms with van der Waals surface area (Å²) >= 11 is 0. The summed E-state index contributed by atoms with van der Waals surface area (Å²) < 4.78 is 29.0. The molecule has 1 aliphatic heterocycles. The number of imidazole rings is 1. The monoisotopic (exact) mass is 425 g/mol. The van der Waals surface area contributed by atoms with E-state index in [1.54, 1.807) is 18.2 Å². The van der Waals surface area contributed by atoms with Gasteiger partial charge in [-0.3, -0.25) is 14.5 Å². The van der Waals surface area contributed by atoms with Crippen LogP contribution in [0.3, 0.4) is 0 Å². The molecular weight excluding hydrogens is 402 g/mol. The number of sulfonamides is 1. The van der Waals surface area contributed by atoms with Crippen LogP contribution in [0.5, 0.6) is 0 Å². The van der Waals surface area contributed by atoms with Crippen molar-refractivity contribution in [2.45, 2.75) is 31.3 Å². The van der Waals surface area contributed by atoms with Gasteiger partial charge in [0.15, 0.2) is 0 Å². The molecule has 0 saturated carbocycles. The third-order valence-electron chi connectivity index (χ3n) is 5.13. The minimum Gasteiger partial charge on any atom is -0.347 e. The number of nitrogens with zero attached hydrogens (tertiary/aromatic N) is 3. The fourth-order valence-electron chi connectivity index (χ4n) is 3.50. The highest BCUT2D eigenvalue weighted by atomic mass is 32.2. The Morgan fingerprint density at radius 2 is 1.87 bits per heavy atom. The molecule has 0 radical (unpaired) electrons. The molecule has 1 amide bonds. The molecule has 4 rings (SSSR count). The summed E-state index contributed by atoms with van der Waals surface area (Å²) in [6.07, 6.45) is 0. The number of para-hydroxylation sites is 2. The van der Waals surface area contributed by atoms with E-state index in [2.05, 4.69) is 20.0 Å². The first kappa shape index (κ1) is 20.1. The third kappa shape index (κ3) is 3.56. The topological polar surface area (TPSA) is 105 Å². The first-order chi connectivity index (χ1) is 14.3. The number of aliphatic imine (C=N–C) groups is 1. The SMILES string of the molecule is CC(C)[C@H](N=C1NS(=O)(=O)c2ccccc21)C(=O)NCc1nc2ccccc2n1C. The molecule has 0 aliphatic carbocycles. The molecule has 3 aromatic rings. The largest absolute Gasteiger partial charge is 0.347 e. The first-order valence-electron chi connectivity index (χ1n) is 9.66. The molecule has 2 heterocycles. The number of benzene rings is 2. The van der Waals surface area contributed by atoms with Gasteiger partial charge in [0.2, 0.25) is 5.91 Å². The molecule has 8 nitrogen and oxygen atoms in total. The fourth-order valence-corrected chi connectivity index (χ4v) is 4.74. The Labute approximate surface area is 175 Å². The Kier molecular flexibility index (Phi) is 5.07. The molecule has 9 heteroatoms. The molecule has 2 aromatic carbocycles. The first-order valence-corrected chi connectivity index (χ1v) is 11.1.